The summed E-state index contributed by atoms with van der Waals surface area (Å²) in [6.07, 6.45) is 2.09. The first-order valence-electron chi connectivity index (χ1n) is 6.01. The maximum atomic E-state index is 5.75. The SMILES string of the molecule is CC#CCC(NN)C1CN(CCC)CCO1. The Morgan fingerprint density at radius 2 is 2.44 bits per heavy atom. The number of morpholine rings is 1. The van der Waals surface area contributed by atoms with Crippen LogP contribution in [-0.2, 0) is 4.74 Å². The van der Waals surface area contributed by atoms with Crippen molar-refractivity contribution in [1.29, 1.82) is 0 Å². The zero-order valence-electron chi connectivity index (χ0n) is 10.3. The number of hydrazine groups is 1. The molecule has 3 N–H and O–H groups in total. The van der Waals surface area contributed by atoms with Crippen molar-refractivity contribution >= 4 is 0 Å². The van der Waals surface area contributed by atoms with Crippen molar-refractivity contribution in [3.63, 3.8) is 0 Å². The summed E-state index contributed by atoms with van der Waals surface area (Å²) in [7, 11) is 0. The van der Waals surface area contributed by atoms with Gasteiger partial charge in [-0.3, -0.25) is 16.2 Å². The molecule has 4 nitrogen and oxygen atoms in total. The molecule has 2 atom stereocenters. The highest BCUT2D eigenvalue weighted by Gasteiger charge is 2.26. The first-order valence-corrected chi connectivity index (χ1v) is 6.01. The van der Waals surface area contributed by atoms with Gasteiger partial charge in [-0.15, -0.1) is 11.8 Å². The Balaban J connectivity index is 2.45. The van der Waals surface area contributed by atoms with Gasteiger partial charge >= 0.3 is 0 Å². The van der Waals surface area contributed by atoms with Crippen LogP contribution >= 0.6 is 0 Å². The van der Waals surface area contributed by atoms with E-state index in [-0.39, 0.29) is 12.1 Å². The number of ether oxygens (including phenoxy) is 1. The highest BCUT2D eigenvalue weighted by atomic mass is 16.5. The Labute approximate surface area is 98.5 Å². The molecule has 0 aromatic carbocycles. The normalized spacial score (nSPS) is 23.6. The summed E-state index contributed by atoms with van der Waals surface area (Å²) in [6, 6.07) is 0.132. The minimum absolute atomic E-state index is 0.132. The highest BCUT2D eigenvalue weighted by molar-refractivity contribution is 5.00. The van der Waals surface area contributed by atoms with Gasteiger partial charge < -0.3 is 4.74 Å². The van der Waals surface area contributed by atoms with E-state index in [4.69, 9.17) is 10.6 Å². The van der Waals surface area contributed by atoms with E-state index in [1.807, 2.05) is 6.92 Å². The molecule has 1 aliphatic heterocycles. The summed E-state index contributed by atoms with van der Waals surface area (Å²) in [5.41, 5.74) is 2.82. The van der Waals surface area contributed by atoms with Crippen LogP contribution < -0.4 is 11.3 Å². The minimum atomic E-state index is 0.132. The number of nitrogens with two attached hydrogens (primary N) is 1. The molecule has 0 aromatic heterocycles. The van der Waals surface area contributed by atoms with Crippen LogP contribution in [0.2, 0.25) is 0 Å². The fourth-order valence-electron chi connectivity index (χ4n) is 2.00. The van der Waals surface area contributed by atoms with Crippen LogP contribution in [0.4, 0.5) is 0 Å². The van der Waals surface area contributed by atoms with Crippen LogP contribution in [0.1, 0.15) is 26.7 Å². The number of hydrogen-bond acceptors (Lipinski definition) is 4. The van der Waals surface area contributed by atoms with E-state index in [9.17, 15) is 0 Å². The lowest BCUT2D eigenvalue weighted by Crippen LogP contribution is -2.53. The predicted molar refractivity (Wildman–Crippen MR) is 65.6 cm³/mol. The number of rotatable bonds is 5. The fourth-order valence-corrected chi connectivity index (χ4v) is 2.00. The number of nitrogens with one attached hydrogen (secondary N) is 1. The highest BCUT2D eigenvalue weighted by Crippen LogP contribution is 2.11. The third kappa shape index (κ3) is 4.11. The van der Waals surface area contributed by atoms with E-state index in [1.165, 1.54) is 6.42 Å². The number of hydrogen-bond donors (Lipinski definition) is 2. The van der Waals surface area contributed by atoms with Gasteiger partial charge in [-0.05, 0) is 19.9 Å². The van der Waals surface area contributed by atoms with Gasteiger partial charge in [0.1, 0.15) is 0 Å². The lowest BCUT2D eigenvalue weighted by molar-refractivity contribution is -0.0454. The molecule has 4 heteroatoms. The standard InChI is InChI=1S/C12H23N3O/c1-3-5-6-11(14-13)12-10-15(7-4-2)8-9-16-12/h11-12,14H,4,6-10,13H2,1-2H3. The lowest BCUT2D eigenvalue weighted by atomic mass is 10.1. The molecule has 0 aliphatic carbocycles. The van der Waals surface area contributed by atoms with Crippen LogP contribution in [0.25, 0.3) is 0 Å². The van der Waals surface area contributed by atoms with Gasteiger partial charge in [-0.1, -0.05) is 6.92 Å². The lowest BCUT2D eigenvalue weighted by Gasteiger charge is -2.36. The summed E-state index contributed by atoms with van der Waals surface area (Å²) in [5.74, 6) is 11.5. The summed E-state index contributed by atoms with van der Waals surface area (Å²) in [4.78, 5) is 2.43. The summed E-state index contributed by atoms with van der Waals surface area (Å²) in [5, 5.41) is 0. The predicted octanol–water partition coefficient (Wildman–Crippen LogP) is 0.343. The Hall–Kier alpha value is -0.600. The van der Waals surface area contributed by atoms with Gasteiger partial charge in [-0.2, -0.15) is 0 Å². The number of nitrogens with zero attached hydrogens (tertiary/aromatic N) is 1. The molecular formula is C12H23N3O. The first kappa shape index (κ1) is 13.5. The van der Waals surface area contributed by atoms with Crippen LogP contribution in [-0.4, -0.2) is 43.3 Å². The topological polar surface area (TPSA) is 50.5 Å². The van der Waals surface area contributed by atoms with Crippen LogP contribution in [0.15, 0.2) is 0 Å². The van der Waals surface area contributed by atoms with Crippen molar-refractivity contribution in [2.75, 3.05) is 26.2 Å². The van der Waals surface area contributed by atoms with Crippen molar-refractivity contribution in [3.8, 4) is 11.8 Å². The molecule has 1 heterocycles. The Morgan fingerprint density at radius 3 is 3.06 bits per heavy atom. The zero-order valence-corrected chi connectivity index (χ0v) is 10.3. The smallest absolute Gasteiger partial charge is 0.0878 e. The van der Waals surface area contributed by atoms with Crippen molar-refractivity contribution in [2.24, 2.45) is 5.84 Å². The Bertz CT molecular complexity index is 244. The average molecular weight is 225 g/mol. The van der Waals surface area contributed by atoms with E-state index in [0.717, 1.165) is 32.7 Å². The van der Waals surface area contributed by atoms with Crippen molar-refractivity contribution in [2.45, 2.75) is 38.8 Å². The van der Waals surface area contributed by atoms with Crippen LogP contribution in [0.3, 0.4) is 0 Å². The molecule has 0 radical (unpaired) electrons. The Morgan fingerprint density at radius 1 is 1.62 bits per heavy atom. The monoisotopic (exact) mass is 225 g/mol. The van der Waals surface area contributed by atoms with Gasteiger partial charge in [0.05, 0.1) is 18.8 Å². The van der Waals surface area contributed by atoms with E-state index in [2.05, 4.69) is 29.1 Å². The van der Waals surface area contributed by atoms with Gasteiger partial charge in [0.2, 0.25) is 0 Å². The summed E-state index contributed by atoms with van der Waals surface area (Å²) < 4.78 is 5.75. The van der Waals surface area contributed by atoms with Crippen molar-refractivity contribution in [1.82, 2.24) is 10.3 Å². The van der Waals surface area contributed by atoms with Crippen LogP contribution in [0.5, 0.6) is 0 Å². The molecule has 16 heavy (non-hydrogen) atoms. The molecule has 1 aliphatic rings. The maximum absolute atomic E-state index is 5.75. The molecule has 2 unspecified atom stereocenters. The second-order valence-corrected chi connectivity index (χ2v) is 4.11. The van der Waals surface area contributed by atoms with Gasteiger partial charge in [0.15, 0.2) is 0 Å². The van der Waals surface area contributed by atoms with Gasteiger partial charge in [0, 0.05) is 19.5 Å². The molecule has 0 bridgehead atoms. The van der Waals surface area contributed by atoms with Crippen molar-refractivity contribution in [3.05, 3.63) is 0 Å². The minimum Gasteiger partial charge on any atom is -0.374 e. The molecular weight excluding hydrogens is 202 g/mol. The summed E-state index contributed by atoms with van der Waals surface area (Å²) >= 11 is 0. The molecule has 0 aromatic rings. The Kier molecular flexibility index (Phi) is 6.43. The van der Waals surface area contributed by atoms with Crippen molar-refractivity contribution < 1.29 is 4.74 Å². The van der Waals surface area contributed by atoms with Gasteiger partial charge in [-0.25, -0.2) is 0 Å². The largest absolute Gasteiger partial charge is 0.374 e. The van der Waals surface area contributed by atoms with Crippen LogP contribution in [0, 0.1) is 11.8 Å². The first-order chi connectivity index (χ1) is 7.81. The molecule has 0 spiro atoms. The van der Waals surface area contributed by atoms with E-state index >= 15 is 0 Å². The quantitative estimate of drug-likeness (QED) is 0.402. The summed E-state index contributed by atoms with van der Waals surface area (Å²) in [6.45, 7) is 7.96. The zero-order chi connectivity index (χ0) is 11.8. The third-order valence-corrected chi connectivity index (χ3v) is 2.88. The molecule has 0 saturated carbocycles. The average Bonchev–Trinajstić information content (AvgIpc) is 2.31. The molecule has 1 fully saturated rings. The van der Waals surface area contributed by atoms with E-state index < -0.39 is 0 Å². The molecule has 1 saturated heterocycles. The fraction of sp³-hybridized carbons (Fsp3) is 0.833. The second kappa shape index (κ2) is 7.64. The second-order valence-electron chi connectivity index (χ2n) is 4.11. The molecule has 1 rings (SSSR count). The molecule has 0 amide bonds. The van der Waals surface area contributed by atoms with E-state index in [0.29, 0.717) is 0 Å². The van der Waals surface area contributed by atoms with E-state index in [1.54, 1.807) is 0 Å². The van der Waals surface area contributed by atoms with Gasteiger partial charge in [0.25, 0.3) is 0 Å². The third-order valence-electron chi connectivity index (χ3n) is 2.88. The molecule has 92 valence electrons. The maximum Gasteiger partial charge on any atom is 0.0878 e.